The molecule has 2 aliphatic carbocycles. The van der Waals surface area contributed by atoms with Gasteiger partial charge in [-0.2, -0.15) is 0 Å². The second kappa shape index (κ2) is 3.23. The summed E-state index contributed by atoms with van der Waals surface area (Å²) in [5.41, 5.74) is 0. The van der Waals surface area contributed by atoms with E-state index in [2.05, 4.69) is 0 Å². The van der Waals surface area contributed by atoms with Crippen molar-refractivity contribution in [1.29, 1.82) is 0 Å². The molecule has 0 N–H and O–H groups in total. The summed E-state index contributed by atoms with van der Waals surface area (Å²) in [5.74, 6) is 2.85. The summed E-state index contributed by atoms with van der Waals surface area (Å²) >= 11 is 1.31. The molecule has 2 saturated carbocycles. The molecule has 0 saturated heterocycles. The van der Waals surface area contributed by atoms with Crippen molar-refractivity contribution in [2.45, 2.75) is 32.2 Å². The molecular formula is C11H15NOS. The van der Waals surface area contributed by atoms with Crippen molar-refractivity contribution in [1.82, 2.24) is 4.57 Å². The first-order chi connectivity index (χ1) is 6.83. The summed E-state index contributed by atoms with van der Waals surface area (Å²) in [6.45, 7) is 0.964. The minimum absolute atomic E-state index is 0.211. The van der Waals surface area contributed by atoms with Gasteiger partial charge in [0.05, 0.1) is 0 Å². The predicted molar refractivity (Wildman–Crippen MR) is 57.5 cm³/mol. The van der Waals surface area contributed by atoms with E-state index < -0.39 is 0 Å². The molecule has 2 fully saturated rings. The van der Waals surface area contributed by atoms with Gasteiger partial charge in [-0.25, -0.2) is 0 Å². The van der Waals surface area contributed by atoms with Gasteiger partial charge in [0.1, 0.15) is 0 Å². The molecular weight excluding hydrogens is 194 g/mol. The maximum absolute atomic E-state index is 11.4. The first kappa shape index (κ1) is 8.72. The lowest BCUT2D eigenvalue weighted by Gasteiger charge is -2.20. The number of hydrogen-bond acceptors (Lipinski definition) is 2. The van der Waals surface area contributed by atoms with Gasteiger partial charge in [0.15, 0.2) is 0 Å². The Hall–Kier alpha value is -0.570. The fraction of sp³-hybridized carbons (Fsp3) is 0.727. The van der Waals surface area contributed by atoms with E-state index >= 15 is 0 Å². The van der Waals surface area contributed by atoms with Crippen LogP contribution in [-0.4, -0.2) is 4.57 Å². The lowest BCUT2D eigenvalue weighted by molar-refractivity contribution is 0.305. The average Bonchev–Trinajstić information content (AvgIpc) is 2.84. The predicted octanol–water partition coefficient (Wildman–Crippen LogP) is 2.35. The van der Waals surface area contributed by atoms with Gasteiger partial charge in [0.2, 0.25) is 0 Å². The van der Waals surface area contributed by atoms with Crippen molar-refractivity contribution in [2.75, 3.05) is 0 Å². The molecule has 3 atom stereocenters. The maximum atomic E-state index is 11.4. The molecule has 3 rings (SSSR count). The van der Waals surface area contributed by atoms with E-state index in [0.29, 0.717) is 0 Å². The van der Waals surface area contributed by atoms with Crippen LogP contribution < -0.4 is 4.87 Å². The molecule has 3 heteroatoms. The van der Waals surface area contributed by atoms with Crippen LogP contribution in [0.2, 0.25) is 0 Å². The standard InChI is InChI=1S/C11H15NOS/c13-11-12(3-4-14-11)7-8-1-2-9-6-10(9)5-8/h3-4,8-10H,1-2,5-7H2. The third-order valence-electron chi connectivity index (χ3n) is 3.75. The topological polar surface area (TPSA) is 22.0 Å². The Balaban J connectivity index is 1.67. The van der Waals surface area contributed by atoms with E-state index in [4.69, 9.17) is 0 Å². The number of fused-ring (bicyclic) bond motifs is 1. The van der Waals surface area contributed by atoms with E-state index in [0.717, 1.165) is 24.3 Å². The number of aromatic nitrogens is 1. The number of hydrogen-bond donors (Lipinski definition) is 0. The Morgan fingerprint density at radius 2 is 2.29 bits per heavy atom. The quantitative estimate of drug-likeness (QED) is 0.733. The van der Waals surface area contributed by atoms with E-state index in [1.165, 1.54) is 37.0 Å². The van der Waals surface area contributed by atoms with Gasteiger partial charge in [0.25, 0.3) is 0 Å². The van der Waals surface area contributed by atoms with E-state index in [1.807, 2.05) is 16.1 Å². The second-order valence-electron chi connectivity index (χ2n) is 4.76. The Kier molecular flexibility index (Phi) is 2.01. The van der Waals surface area contributed by atoms with E-state index in [1.54, 1.807) is 0 Å². The van der Waals surface area contributed by atoms with Gasteiger partial charge in [-0.3, -0.25) is 4.79 Å². The van der Waals surface area contributed by atoms with Crippen molar-refractivity contribution in [2.24, 2.45) is 17.8 Å². The smallest absolute Gasteiger partial charge is 0.306 e. The van der Waals surface area contributed by atoms with Crippen LogP contribution in [0.5, 0.6) is 0 Å². The molecule has 0 spiro atoms. The largest absolute Gasteiger partial charge is 0.307 e. The van der Waals surface area contributed by atoms with E-state index in [9.17, 15) is 4.79 Å². The fourth-order valence-corrected chi connectivity index (χ4v) is 3.41. The number of rotatable bonds is 2. The fourth-order valence-electron chi connectivity index (χ4n) is 2.82. The molecule has 14 heavy (non-hydrogen) atoms. The van der Waals surface area contributed by atoms with Crippen molar-refractivity contribution in [3.05, 3.63) is 21.2 Å². The highest BCUT2D eigenvalue weighted by molar-refractivity contribution is 7.07. The Morgan fingerprint density at radius 1 is 1.36 bits per heavy atom. The minimum atomic E-state index is 0.211. The second-order valence-corrected chi connectivity index (χ2v) is 5.61. The number of thiazole rings is 1. The monoisotopic (exact) mass is 209 g/mol. The summed E-state index contributed by atoms with van der Waals surface area (Å²) in [6.07, 6.45) is 7.52. The molecule has 0 bridgehead atoms. The molecule has 2 nitrogen and oxygen atoms in total. The van der Waals surface area contributed by atoms with Gasteiger partial charge in [-0.1, -0.05) is 11.3 Å². The van der Waals surface area contributed by atoms with Crippen LogP contribution in [0.1, 0.15) is 25.7 Å². The highest BCUT2D eigenvalue weighted by Gasteiger charge is 2.41. The molecule has 0 aliphatic heterocycles. The van der Waals surface area contributed by atoms with Crippen LogP contribution in [0.3, 0.4) is 0 Å². The third-order valence-corrected chi connectivity index (χ3v) is 4.44. The lowest BCUT2D eigenvalue weighted by atomic mass is 9.89. The van der Waals surface area contributed by atoms with Gasteiger partial charge < -0.3 is 4.57 Å². The normalized spacial score (nSPS) is 35.3. The van der Waals surface area contributed by atoms with Gasteiger partial charge >= 0.3 is 4.87 Å². The molecule has 2 aliphatic rings. The number of nitrogens with zero attached hydrogens (tertiary/aromatic N) is 1. The van der Waals surface area contributed by atoms with Crippen molar-refractivity contribution in [3.8, 4) is 0 Å². The zero-order valence-electron chi connectivity index (χ0n) is 8.19. The third kappa shape index (κ3) is 1.54. The highest BCUT2D eigenvalue weighted by Crippen LogP contribution is 2.51. The Bertz CT molecular complexity index is 381. The molecule has 76 valence electrons. The summed E-state index contributed by atoms with van der Waals surface area (Å²) in [7, 11) is 0. The van der Waals surface area contributed by atoms with Gasteiger partial charge in [-0.05, 0) is 43.4 Å². The molecule has 1 heterocycles. The summed E-state index contributed by atoms with van der Waals surface area (Å²) in [6, 6.07) is 0. The molecule has 0 aromatic carbocycles. The van der Waals surface area contributed by atoms with Crippen molar-refractivity contribution in [3.63, 3.8) is 0 Å². The summed E-state index contributed by atoms with van der Waals surface area (Å²) in [4.78, 5) is 11.6. The molecule has 0 radical (unpaired) electrons. The minimum Gasteiger partial charge on any atom is -0.306 e. The lowest BCUT2D eigenvalue weighted by Crippen LogP contribution is -2.21. The Morgan fingerprint density at radius 3 is 3.00 bits per heavy atom. The molecule has 1 aromatic rings. The zero-order valence-corrected chi connectivity index (χ0v) is 9.00. The van der Waals surface area contributed by atoms with E-state index in [-0.39, 0.29) is 4.87 Å². The maximum Gasteiger partial charge on any atom is 0.307 e. The SMILES string of the molecule is O=c1sccn1CC1CCC2CC2C1. The van der Waals surface area contributed by atoms with Crippen LogP contribution in [0.25, 0.3) is 0 Å². The average molecular weight is 209 g/mol. The molecule has 1 aromatic heterocycles. The molecule has 0 amide bonds. The zero-order chi connectivity index (χ0) is 9.54. The summed E-state index contributed by atoms with van der Waals surface area (Å²) < 4.78 is 1.89. The first-order valence-corrected chi connectivity index (χ1v) is 6.35. The van der Waals surface area contributed by atoms with Crippen LogP contribution in [0.4, 0.5) is 0 Å². The van der Waals surface area contributed by atoms with Crippen molar-refractivity contribution >= 4 is 11.3 Å². The van der Waals surface area contributed by atoms with Crippen LogP contribution >= 0.6 is 11.3 Å². The van der Waals surface area contributed by atoms with Gasteiger partial charge in [-0.15, -0.1) is 0 Å². The van der Waals surface area contributed by atoms with Crippen LogP contribution in [0, 0.1) is 17.8 Å². The molecule has 3 unspecified atom stereocenters. The first-order valence-electron chi connectivity index (χ1n) is 5.47. The van der Waals surface area contributed by atoms with Crippen molar-refractivity contribution < 1.29 is 0 Å². The van der Waals surface area contributed by atoms with Crippen LogP contribution in [-0.2, 0) is 6.54 Å². The summed E-state index contributed by atoms with van der Waals surface area (Å²) in [5, 5.41) is 1.89. The highest BCUT2D eigenvalue weighted by atomic mass is 32.1. The van der Waals surface area contributed by atoms with Gasteiger partial charge in [0, 0.05) is 18.1 Å². The Labute approximate surface area is 87.6 Å². The van der Waals surface area contributed by atoms with Crippen LogP contribution in [0.15, 0.2) is 16.4 Å².